The Morgan fingerprint density at radius 3 is 1.89 bits per heavy atom. The van der Waals surface area contributed by atoms with E-state index < -0.39 is 23.8 Å². The van der Waals surface area contributed by atoms with Crippen molar-refractivity contribution in [3.63, 3.8) is 0 Å². The number of rotatable bonds is 4. The highest BCUT2D eigenvalue weighted by Crippen LogP contribution is 2.06. The molecule has 1 unspecified atom stereocenters. The third kappa shape index (κ3) is 5.42. The molecule has 0 spiro atoms. The van der Waals surface area contributed by atoms with Gasteiger partial charge in [0, 0.05) is 23.7 Å². The van der Waals surface area contributed by atoms with Gasteiger partial charge in [-0.1, -0.05) is 29.5 Å². The van der Waals surface area contributed by atoms with E-state index in [0.29, 0.717) is 5.56 Å². The minimum absolute atomic E-state index is 0.246. The lowest BCUT2D eigenvalue weighted by Crippen LogP contribution is -2.54. The van der Waals surface area contributed by atoms with Gasteiger partial charge < -0.3 is 10.6 Å². The van der Waals surface area contributed by atoms with Crippen LogP contribution in [0.2, 0.25) is 0 Å². The standard InChI is InChI=1S/C20H19N3O4/c1-13-3-5-14(6-4-13)7-8-15-9-11-16(12-10-15)18(24)22-17(19(25)21-2)20(26)23-27/h3-6,9-12,17,27H,1-2H3,(H,21,25)(H,22,24)(H,23,26). The molecule has 0 aliphatic rings. The Kier molecular flexibility index (Phi) is 6.69. The number of nitrogens with one attached hydrogen (secondary N) is 3. The topological polar surface area (TPSA) is 108 Å². The Labute approximate surface area is 156 Å². The zero-order chi connectivity index (χ0) is 19.8. The Hall–Kier alpha value is -3.63. The molecular weight excluding hydrogens is 346 g/mol. The second-order valence-corrected chi connectivity index (χ2v) is 5.69. The first kappa shape index (κ1) is 19.7. The zero-order valence-corrected chi connectivity index (χ0v) is 14.9. The highest BCUT2D eigenvalue weighted by molar-refractivity contribution is 6.08. The fourth-order valence-corrected chi connectivity index (χ4v) is 2.16. The van der Waals surface area contributed by atoms with Crippen molar-refractivity contribution in [3.8, 4) is 11.8 Å². The largest absolute Gasteiger partial charge is 0.357 e. The van der Waals surface area contributed by atoms with Crippen LogP contribution in [0.15, 0.2) is 48.5 Å². The van der Waals surface area contributed by atoms with Crippen LogP contribution in [0, 0.1) is 18.8 Å². The lowest BCUT2D eigenvalue weighted by atomic mass is 10.1. The quantitative estimate of drug-likeness (QED) is 0.277. The predicted molar refractivity (Wildman–Crippen MR) is 98.9 cm³/mol. The predicted octanol–water partition coefficient (Wildman–Crippen LogP) is 0.745. The summed E-state index contributed by atoms with van der Waals surface area (Å²) in [5.41, 5.74) is 4.34. The number of aryl methyl sites for hydroxylation is 1. The molecule has 3 amide bonds. The number of hydrogen-bond donors (Lipinski definition) is 4. The second-order valence-electron chi connectivity index (χ2n) is 5.69. The summed E-state index contributed by atoms with van der Waals surface area (Å²) in [7, 11) is 1.31. The minimum Gasteiger partial charge on any atom is -0.357 e. The van der Waals surface area contributed by atoms with E-state index in [4.69, 9.17) is 5.21 Å². The van der Waals surface area contributed by atoms with Crippen LogP contribution in [0.3, 0.4) is 0 Å². The van der Waals surface area contributed by atoms with Crippen molar-refractivity contribution in [3.05, 3.63) is 70.8 Å². The van der Waals surface area contributed by atoms with Crippen molar-refractivity contribution in [1.29, 1.82) is 0 Å². The van der Waals surface area contributed by atoms with E-state index in [1.54, 1.807) is 12.1 Å². The van der Waals surface area contributed by atoms with E-state index >= 15 is 0 Å². The summed E-state index contributed by atoms with van der Waals surface area (Å²) in [6, 6.07) is 12.6. The molecule has 7 heteroatoms. The molecule has 0 heterocycles. The van der Waals surface area contributed by atoms with Crippen molar-refractivity contribution in [2.45, 2.75) is 13.0 Å². The molecule has 138 valence electrons. The fraction of sp³-hybridized carbons (Fsp3) is 0.150. The molecule has 0 saturated heterocycles. The van der Waals surface area contributed by atoms with Crippen molar-refractivity contribution >= 4 is 17.7 Å². The van der Waals surface area contributed by atoms with Gasteiger partial charge in [0.2, 0.25) is 0 Å². The van der Waals surface area contributed by atoms with Gasteiger partial charge in [-0.05, 0) is 43.3 Å². The maximum atomic E-state index is 12.2. The first-order valence-electron chi connectivity index (χ1n) is 8.09. The molecule has 2 rings (SSSR count). The number of hydroxylamine groups is 1. The number of amides is 3. The third-order valence-corrected chi connectivity index (χ3v) is 3.71. The molecule has 0 saturated carbocycles. The van der Waals surface area contributed by atoms with E-state index in [9.17, 15) is 14.4 Å². The van der Waals surface area contributed by atoms with Crippen LogP contribution in [-0.2, 0) is 9.59 Å². The minimum atomic E-state index is -1.55. The number of likely N-dealkylation sites (N-methyl/N-ethyl adjacent to an activating group) is 1. The molecule has 0 aliphatic carbocycles. The molecule has 4 N–H and O–H groups in total. The zero-order valence-electron chi connectivity index (χ0n) is 14.9. The summed E-state index contributed by atoms with van der Waals surface area (Å²) in [6.07, 6.45) is 0. The summed E-state index contributed by atoms with van der Waals surface area (Å²) >= 11 is 0. The van der Waals surface area contributed by atoms with Crippen LogP contribution in [0.5, 0.6) is 0 Å². The number of carbonyl (C=O) groups excluding carboxylic acids is 3. The molecule has 2 aromatic rings. The smallest absolute Gasteiger partial charge is 0.275 e. The molecule has 7 nitrogen and oxygen atoms in total. The van der Waals surface area contributed by atoms with Gasteiger partial charge in [0.1, 0.15) is 0 Å². The average Bonchev–Trinajstić information content (AvgIpc) is 2.70. The van der Waals surface area contributed by atoms with E-state index in [0.717, 1.165) is 11.1 Å². The highest BCUT2D eigenvalue weighted by Gasteiger charge is 2.27. The van der Waals surface area contributed by atoms with Gasteiger partial charge in [-0.2, -0.15) is 0 Å². The van der Waals surface area contributed by atoms with Crippen molar-refractivity contribution < 1.29 is 19.6 Å². The van der Waals surface area contributed by atoms with Gasteiger partial charge >= 0.3 is 0 Å². The van der Waals surface area contributed by atoms with Gasteiger partial charge in [-0.25, -0.2) is 5.48 Å². The van der Waals surface area contributed by atoms with E-state index in [2.05, 4.69) is 22.5 Å². The van der Waals surface area contributed by atoms with Gasteiger partial charge in [0.15, 0.2) is 6.04 Å². The molecule has 1 atom stereocenters. The maximum Gasteiger partial charge on any atom is 0.275 e. The third-order valence-electron chi connectivity index (χ3n) is 3.71. The van der Waals surface area contributed by atoms with E-state index in [1.165, 1.54) is 24.7 Å². The molecular formula is C20H19N3O4. The van der Waals surface area contributed by atoms with Crippen LogP contribution >= 0.6 is 0 Å². The lowest BCUT2D eigenvalue weighted by molar-refractivity contribution is -0.137. The summed E-state index contributed by atoms with van der Waals surface area (Å²) in [6.45, 7) is 2.00. The summed E-state index contributed by atoms with van der Waals surface area (Å²) in [5.74, 6) is 3.60. The fourth-order valence-electron chi connectivity index (χ4n) is 2.16. The lowest BCUT2D eigenvalue weighted by Gasteiger charge is -2.15. The normalized spacial score (nSPS) is 10.8. The molecule has 0 bridgehead atoms. The van der Waals surface area contributed by atoms with E-state index in [1.807, 2.05) is 31.2 Å². The second kappa shape index (κ2) is 9.17. The van der Waals surface area contributed by atoms with Gasteiger partial charge in [0.25, 0.3) is 17.7 Å². The van der Waals surface area contributed by atoms with Crippen molar-refractivity contribution in [2.75, 3.05) is 7.05 Å². The van der Waals surface area contributed by atoms with E-state index in [-0.39, 0.29) is 5.56 Å². The van der Waals surface area contributed by atoms with Crippen LogP contribution < -0.4 is 16.1 Å². The molecule has 0 fully saturated rings. The number of carbonyl (C=O) groups is 3. The molecule has 27 heavy (non-hydrogen) atoms. The van der Waals surface area contributed by atoms with Crippen molar-refractivity contribution in [1.82, 2.24) is 16.1 Å². The first-order chi connectivity index (χ1) is 12.9. The van der Waals surface area contributed by atoms with Crippen LogP contribution in [0.25, 0.3) is 0 Å². The SMILES string of the molecule is CNC(=O)C(NC(=O)c1ccc(C#Cc2ccc(C)cc2)cc1)C(=O)NO. The Bertz CT molecular complexity index is 878. The van der Waals surface area contributed by atoms with Crippen LogP contribution in [0.4, 0.5) is 0 Å². The Balaban J connectivity index is 2.09. The molecule has 2 aromatic carbocycles. The molecule has 0 aromatic heterocycles. The van der Waals surface area contributed by atoms with Gasteiger partial charge in [-0.3, -0.25) is 19.6 Å². The van der Waals surface area contributed by atoms with Crippen LogP contribution in [-0.4, -0.2) is 36.0 Å². The average molecular weight is 365 g/mol. The Morgan fingerprint density at radius 1 is 0.889 bits per heavy atom. The van der Waals surface area contributed by atoms with Crippen LogP contribution in [0.1, 0.15) is 27.0 Å². The Morgan fingerprint density at radius 2 is 1.41 bits per heavy atom. The van der Waals surface area contributed by atoms with Crippen molar-refractivity contribution in [2.24, 2.45) is 0 Å². The summed E-state index contributed by atoms with van der Waals surface area (Å²) < 4.78 is 0. The maximum absolute atomic E-state index is 12.2. The summed E-state index contributed by atoms with van der Waals surface area (Å²) in [4.78, 5) is 35.4. The first-order valence-corrected chi connectivity index (χ1v) is 8.09. The van der Waals surface area contributed by atoms with Gasteiger partial charge in [-0.15, -0.1) is 0 Å². The monoisotopic (exact) mass is 365 g/mol. The molecule has 0 aliphatic heterocycles. The number of hydrogen-bond acceptors (Lipinski definition) is 4. The summed E-state index contributed by atoms with van der Waals surface area (Å²) in [5, 5.41) is 13.2. The van der Waals surface area contributed by atoms with Gasteiger partial charge in [0.05, 0.1) is 0 Å². The highest BCUT2D eigenvalue weighted by atomic mass is 16.5. The molecule has 0 radical (unpaired) electrons. The number of benzene rings is 2.